The first kappa shape index (κ1) is 25.1. The van der Waals surface area contributed by atoms with Gasteiger partial charge in [0.05, 0.1) is 59.1 Å². The minimum atomic E-state index is -1.60. The number of rotatable bonds is 9. The molecule has 1 aliphatic carbocycles. The maximum Gasteiger partial charge on any atom is 0.109 e. The molecule has 0 radical (unpaired) electrons. The average Bonchev–Trinajstić information content (AvgIpc) is 3.75. The van der Waals surface area contributed by atoms with Gasteiger partial charge >= 0.3 is 0 Å². The van der Waals surface area contributed by atoms with Gasteiger partial charge in [-0.3, -0.25) is 4.98 Å². The van der Waals surface area contributed by atoms with Crippen LogP contribution in [-0.4, -0.2) is 20.0 Å². The van der Waals surface area contributed by atoms with Gasteiger partial charge in [-0.1, -0.05) is 66.2 Å². The SMILES string of the molecule is [2H][C@](Nc1cc(Cl)c2ncc(C#N)c(N[C@H](CC)c3ccccc3)c2c1)(c1cccc(C#N)c1)c1cn(C2CC2)nn1. The van der Waals surface area contributed by atoms with Crippen molar-refractivity contribution in [1.29, 1.82) is 10.5 Å². The molecule has 2 atom stereocenters. The van der Waals surface area contributed by atoms with Crippen LogP contribution in [-0.2, 0) is 0 Å². The van der Waals surface area contributed by atoms with Crippen molar-refractivity contribution in [3.05, 3.63) is 112 Å². The number of pyridine rings is 1. The maximum atomic E-state index is 10.0. The minimum absolute atomic E-state index is 0.0549. The highest BCUT2D eigenvalue weighted by molar-refractivity contribution is 6.35. The molecule has 0 saturated heterocycles. The number of fused-ring (bicyclic) bond motifs is 1. The average molecular weight is 560 g/mol. The molecule has 2 aromatic heterocycles. The molecular weight excluding hydrogens is 532 g/mol. The van der Waals surface area contributed by atoms with Crippen LogP contribution in [0.2, 0.25) is 5.02 Å². The lowest BCUT2D eigenvalue weighted by Crippen LogP contribution is -2.14. The van der Waals surface area contributed by atoms with Gasteiger partial charge in [0.15, 0.2) is 0 Å². The van der Waals surface area contributed by atoms with E-state index in [4.69, 9.17) is 11.6 Å². The van der Waals surface area contributed by atoms with E-state index in [0.717, 1.165) is 24.8 Å². The van der Waals surface area contributed by atoms with E-state index in [1.165, 1.54) is 6.20 Å². The van der Waals surface area contributed by atoms with E-state index in [1.54, 1.807) is 41.2 Å². The summed E-state index contributed by atoms with van der Waals surface area (Å²) in [6, 6.07) is 23.6. The summed E-state index contributed by atoms with van der Waals surface area (Å²) in [6.07, 6.45) is 6.15. The zero-order valence-electron chi connectivity index (χ0n) is 23.3. The second-order valence-corrected chi connectivity index (χ2v) is 10.4. The second kappa shape index (κ2) is 11.3. The summed E-state index contributed by atoms with van der Waals surface area (Å²) in [4.78, 5) is 4.49. The summed E-state index contributed by atoms with van der Waals surface area (Å²) in [7, 11) is 0. The van der Waals surface area contributed by atoms with Gasteiger partial charge < -0.3 is 10.6 Å². The smallest absolute Gasteiger partial charge is 0.109 e. The first-order valence-electron chi connectivity index (χ1n) is 14.0. The van der Waals surface area contributed by atoms with Crippen molar-refractivity contribution in [3.63, 3.8) is 0 Å². The van der Waals surface area contributed by atoms with Crippen LogP contribution in [0.1, 0.15) is 73.6 Å². The monoisotopic (exact) mass is 559 g/mol. The molecule has 0 amide bonds. The molecule has 2 N–H and O–H groups in total. The molecule has 1 fully saturated rings. The molecule has 202 valence electrons. The molecular formula is C32H27ClN8. The molecule has 3 aromatic carbocycles. The molecule has 2 heterocycles. The van der Waals surface area contributed by atoms with Crippen molar-refractivity contribution < 1.29 is 1.37 Å². The van der Waals surface area contributed by atoms with Gasteiger partial charge in [0, 0.05) is 17.3 Å². The first-order chi connectivity index (χ1) is 20.4. The number of aromatic nitrogens is 4. The Labute approximate surface area is 244 Å². The molecule has 8 nitrogen and oxygen atoms in total. The number of nitrogens with zero attached hydrogens (tertiary/aromatic N) is 6. The zero-order chi connectivity index (χ0) is 29.3. The van der Waals surface area contributed by atoms with Crippen molar-refractivity contribution in [2.24, 2.45) is 0 Å². The fraction of sp³-hybridized carbons (Fsp3) is 0.219. The van der Waals surface area contributed by atoms with Gasteiger partial charge in [-0.05, 0) is 54.7 Å². The van der Waals surface area contributed by atoms with Crippen molar-refractivity contribution in [3.8, 4) is 12.1 Å². The van der Waals surface area contributed by atoms with E-state index in [0.29, 0.717) is 49.7 Å². The largest absolute Gasteiger partial charge is 0.377 e. The summed E-state index contributed by atoms with van der Waals surface area (Å²) in [5, 5.41) is 36.1. The quantitative estimate of drug-likeness (QED) is 0.194. The normalized spacial score (nSPS) is 15.3. The maximum absolute atomic E-state index is 10.0. The third kappa shape index (κ3) is 5.43. The molecule has 1 saturated carbocycles. The first-order valence-corrected chi connectivity index (χ1v) is 13.9. The summed E-state index contributed by atoms with van der Waals surface area (Å²) in [5.41, 5.74) is 4.50. The molecule has 1 aliphatic rings. The number of hydrogen-bond acceptors (Lipinski definition) is 7. The third-order valence-corrected chi connectivity index (χ3v) is 7.50. The van der Waals surface area contributed by atoms with Crippen molar-refractivity contribution in [1.82, 2.24) is 20.0 Å². The Morgan fingerprint density at radius 1 is 1.05 bits per heavy atom. The van der Waals surface area contributed by atoms with E-state index in [9.17, 15) is 11.9 Å². The Morgan fingerprint density at radius 3 is 2.59 bits per heavy atom. The van der Waals surface area contributed by atoms with Crippen LogP contribution in [0.5, 0.6) is 0 Å². The Kier molecular flexibility index (Phi) is 6.90. The zero-order valence-corrected chi connectivity index (χ0v) is 23.1. The highest BCUT2D eigenvalue weighted by Gasteiger charge is 2.27. The number of benzene rings is 3. The van der Waals surface area contributed by atoms with Crippen LogP contribution in [0.25, 0.3) is 10.9 Å². The lowest BCUT2D eigenvalue weighted by Gasteiger charge is -2.22. The van der Waals surface area contributed by atoms with Gasteiger partial charge in [0.25, 0.3) is 0 Å². The van der Waals surface area contributed by atoms with E-state index in [1.807, 2.05) is 24.3 Å². The predicted octanol–water partition coefficient (Wildman–Crippen LogP) is 7.32. The third-order valence-electron chi connectivity index (χ3n) is 7.21. The molecule has 41 heavy (non-hydrogen) atoms. The van der Waals surface area contributed by atoms with E-state index < -0.39 is 6.02 Å². The van der Waals surface area contributed by atoms with Gasteiger partial charge in [-0.2, -0.15) is 10.5 Å². The molecule has 0 spiro atoms. The molecule has 6 rings (SSSR count). The van der Waals surface area contributed by atoms with Crippen LogP contribution in [0.3, 0.4) is 0 Å². The topological polar surface area (TPSA) is 115 Å². The van der Waals surface area contributed by atoms with Gasteiger partial charge in [0.2, 0.25) is 0 Å². The van der Waals surface area contributed by atoms with E-state index in [2.05, 4.69) is 57.1 Å². The fourth-order valence-corrected chi connectivity index (χ4v) is 5.20. The van der Waals surface area contributed by atoms with Crippen molar-refractivity contribution >= 4 is 33.9 Å². The minimum Gasteiger partial charge on any atom is -0.377 e. The molecule has 9 heteroatoms. The van der Waals surface area contributed by atoms with E-state index in [-0.39, 0.29) is 12.1 Å². The predicted molar refractivity (Wildman–Crippen MR) is 159 cm³/mol. The number of anilines is 2. The summed E-state index contributed by atoms with van der Waals surface area (Å²) in [5.74, 6) is 0. The lowest BCUT2D eigenvalue weighted by molar-refractivity contribution is 0.610. The Balaban J connectivity index is 1.47. The number of hydrogen-bond donors (Lipinski definition) is 2. The lowest BCUT2D eigenvalue weighted by atomic mass is 10.0. The standard InChI is InChI=1S/C32H27ClN8/c1-2-28(21-8-4-3-5-9-21)38-30-23(17-35)18-36-32-26(30)14-24(15-27(32)33)37-31(22-10-6-7-20(13-22)16-34)29-19-41(40-39-29)25-11-12-25/h3-10,13-15,18-19,25,28,31,37H,2,11-12H2,1H3,(H,36,38)/t28-,31+/m1/s1/i31D. The van der Waals surface area contributed by atoms with Crippen LogP contribution in [0.15, 0.2) is 79.1 Å². The van der Waals surface area contributed by atoms with Crippen LogP contribution in [0, 0.1) is 22.7 Å². The Morgan fingerprint density at radius 2 is 1.85 bits per heavy atom. The van der Waals surface area contributed by atoms with Gasteiger partial charge in [-0.25, -0.2) is 4.68 Å². The number of nitriles is 2. The fourth-order valence-electron chi connectivity index (χ4n) is 4.93. The summed E-state index contributed by atoms with van der Waals surface area (Å²) in [6.45, 7) is 2.08. The van der Waals surface area contributed by atoms with Crippen molar-refractivity contribution in [2.75, 3.05) is 10.6 Å². The number of halogens is 1. The molecule has 0 aliphatic heterocycles. The highest BCUT2D eigenvalue weighted by Crippen LogP contribution is 2.38. The van der Waals surface area contributed by atoms with Crippen LogP contribution in [0.4, 0.5) is 11.4 Å². The van der Waals surface area contributed by atoms with Gasteiger partial charge in [-0.15, -0.1) is 5.10 Å². The van der Waals surface area contributed by atoms with Crippen LogP contribution >= 0.6 is 11.6 Å². The Hall–Kier alpha value is -4.92. The summed E-state index contributed by atoms with van der Waals surface area (Å²) >= 11 is 6.79. The molecule has 0 bridgehead atoms. The van der Waals surface area contributed by atoms with Crippen LogP contribution < -0.4 is 10.6 Å². The number of nitrogens with one attached hydrogen (secondary N) is 2. The van der Waals surface area contributed by atoms with Crippen molar-refractivity contribution in [2.45, 2.75) is 44.3 Å². The van der Waals surface area contributed by atoms with E-state index >= 15 is 0 Å². The molecule has 5 aromatic rings. The molecule has 0 unspecified atom stereocenters. The van der Waals surface area contributed by atoms with Gasteiger partial charge in [0.1, 0.15) is 11.8 Å². The second-order valence-electron chi connectivity index (χ2n) is 10.0. The summed E-state index contributed by atoms with van der Waals surface area (Å²) < 4.78 is 11.5. The highest BCUT2D eigenvalue weighted by atomic mass is 35.5. The Bertz CT molecular complexity index is 1850.